The van der Waals surface area contributed by atoms with Crippen molar-refractivity contribution in [2.24, 2.45) is 0 Å². The second-order valence-corrected chi connectivity index (χ2v) is 4.99. The smallest absolute Gasteiger partial charge is 0.129 e. The van der Waals surface area contributed by atoms with Crippen LogP contribution in [0.25, 0.3) is 0 Å². The van der Waals surface area contributed by atoms with Gasteiger partial charge in [0, 0.05) is 0 Å². The fraction of sp³-hybridized carbons (Fsp3) is 0.400. The van der Waals surface area contributed by atoms with Gasteiger partial charge >= 0.3 is 0 Å². The van der Waals surface area contributed by atoms with Gasteiger partial charge in [-0.3, -0.25) is 0 Å². The third kappa shape index (κ3) is 3.42. The van der Waals surface area contributed by atoms with Crippen LogP contribution in [0, 0.1) is 3.57 Å². The minimum Gasteiger partial charge on any atom is -0.507 e. The molecule has 0 amide bonds. The predicted molar refractivity (Wildman–Crippen MR) is 61.2 cm³/mol. The Hall–Kier alpha value is -0.450. The predicted octanol–water partition coefficient (Wildman–Crippen LogP) is 3.17. The molecule has 0 saturated carbocycles. The summed E-state index contributed by atoms with van der Waals surface area (Å²) >= 11 is 2.07. The van der Waals surface area contributed by atoms with E-state index < -0.39 is 0 Å². The van der Waals surface area contributed by atoms with Crippen molar-refractivity contribution < 1.29 is 9.84 Å². The van der Waals surface area contributed by atoms with Crippen LogP contribution in [0.5, 0.6) is 11.5 Å². The van der Waals surface area contributed by atoms with Crippen molar-refractivity contribution in [3.05, 3.63) is 21.8 Å². The molecule has 2 nitrogen and oxygen atoms in total. The summed E-state index contributed by atoms with van der Waals surface area (Å²) in [6.45, 7) is 5.98. The molecule has 1 aromatic carbocycles. The number of phenols is 1. The zero-order chi connectivity index (χ0) is 10.1. The molecule has 0 spiro atoms. The van der Waals surface area contributed by atoms with Gasteiger partial charge in [-0.05, 0) is 61.6 Å². The van der Waals surface area contributed by atoms with Gasteiger partial charge in [-0.15, -0.1) is 0 Å². The van der Waals surface area contributed by atoms with Gasteiger partial charge < -0.3 is 9.84 Å². The highest BCUT2D eigenvalue weighted by atomic mass is 127. The Morgan fingerprint density at radius 1 is 1.31 bits per heavy atom. The Morgan fingerprint density at radius 2 is 1.92 bits per heavy atom. The second kappa shape index (κ2) is 3.74. The molecular weight excluding hydrogens is 279 g/mol. The largest absolute Gasteiger partial charge is 0.507 e. The SMILES string of the molecule is CC(C)(C)Oc1ccc(O)c(I)c1. The van der Waals surface area contributed by atoms with E-state index in [0.29, 0.717) is 5.75 Å². The highest BCUT2D eigenvalue weighted by molar-refractivity contribution is 14.1. The maximum absolute atomic E-state index is 9.28. The Balaban J connectivity index is 2.86. The van der Waals surface area contributed by atoms with E-state index in [1.54, 1.807) is 12.1 Å². The first-order valence-electron chi connectivity index (χ1n) is 4.06. The third-order valence-corrected chi connectivity index (χ3v) is 2.21. The summed E-state index contributed by atoms with van der Waals surface area (Å²) in [6.07, 6.45) is 0. The Labute approximate surface area is 92.1 Å². The maximum atomic E-state index is 9.28. The van der Waals surface area contributed by atoms with Crippen LogP contribution in [0.15, 0.2) is 18.2 Å². The molecule has 0 aromatic heterocycles. The monoisotopic (exact) mass is 292 g/mol. The van der Waals surface area contributed by atoms with Gasteiger partial charge in [0.2, 0.25) is 0 Å². The van der Waals surface area contributed by atoms with Gasteiger partial charge in [-0.1, -0.05) is 0 Å². The lowest BCUT2D eigenvalue weighted by atomic mass is 10.2. The highest BCUT2D eigenvalue weighted by Gasteiger charge is 2.12. The first-order chi connectivity index (χ1) is 5.88. The van der Waals surface area contributed by atoms with E-state index in [1.165, 1.54) is 0 Å². The molecule has 0 unspecified atom stereocenters. The summed E-state index contributed by atoms with van der Waals surface area (Å²) in [5.74, 6) is 1.08. The quantitative estimate of drug-likeness (QED) is 0.806. The minimum atomic E-state index is -0.194. The topological polar surface area (TPSA) is 29.5 Å². The molecule has 13 heavy (non-hydrogen) atoms. The lowest BCUT2D eigenvalue weighted by molar-refractivity contribution is 0.130. The Kier molecular flexibility index (Phi) is 3.05. The lowest BCUT2D eigenvalue weighted by Gasteiger charge is -2.21. The number of aromatic hydroxyl groups is 1. The number of ether oxygens (including phenoxy) is 1. The normalized spacial score (nSPS) is 11.4. The van der Waals surface area contributed by atoms with E-state index in [4.69, 9.17) is 4.74 Å². The van der Waals surface area contributed by atoms with Gasteiger partial charge in [0.05, 0.1) is 3.57 Å². The molecule has 0 fully saturated rings. The zero-order valence-electron chi connectivity index (χ0n) is 7.97. The molecule has 0 radical (unpaired) electrons. The second-order valence-electron chi connectivity index (χ2n) is 3.83. The first kappa shape index (κ1) is 10.6. The number of benzene rings is 1. The molecule has 0 heterocycles. The molecule has 72 valence electrons. The van der Waals surface area contributed by atoms with Gasteiger partial charge in [-0.25, -0.2) is 0 Å². The summed E-state index contributed by atoms with van der Waals surface area (Å²) in [5.41, 5.74) is -0.194. The van der Waals surface area contributed by atoms with Gasteiger partial charge in [0.25, 0.3) is 0 Å². The lowest BCUT2D eigenvalue weighted by Crippen LogP contribution is -2.22. The average Bonchev–Trinajstić information content (AvgIpc) is 1.94. The van der Waals surface area contributed by atoms with Crippen molar-refractivity contribution in [2.45, 2.75) is 26.4 Å². The van der Waals surface area contributed by atoms with Crippen molar-refractivity contribution in [1.82, 2.24) is 0 Å². The van der Waals surface area contributed by atoms with Crippen molar-refractivity contribution in [3.63, 3.8) is 0 Å². The van der Waals surface area contributed by atoms with Gasteiger partial charge in [-0.2, -0.15) is 0 Å². The van der Waals surface area contributed by atoms with E-state index in [-0.39, 0.29) is 5.60 Å². The van der Waals surface area contributed by atoms with E-state index >= 15 is 0 Å². The summed E-state index contributed by atoms with van der Waals surface area (Å²) in [4.78, 5) is 0. The molecule has 1 aromatic rings. The molecule has 0 aliphatic heterocycles. The van der Waals surface area contributed by atoms with Crippen LogP contribution >= 0.6 is 22.6 Å². The van der Waals surface area contributed by atoms with E-state index in [2.05, 4.69) is 22.6 Å². The number of rotatable bonds is 1. The molecule has 0 aliphatic carbocycles. The Bertz CT molecular complexity index is 302. The number of hydrogen-bond donors (Lipinski definition) is 1. The van der Waals surface area contributed by atoms with E-state index in [1.807, 2.05) is 26.8 Å². The summed E-state index contributed by atoms with van der Waals surface area (Å²) in [5, 5.41) is 9.28. The fourth-order valence-corrected chi connectivity index (χ4v) is 1.39. The first-order valence-corrected chi connectivity index (χ1v) is 5.14. The molecule has 0 atom stereocenters. The molecule has 1 rings (SSSR count). The van der Waals surface area contributed by atoms with E-state index in [9.17, 15) is 5.11 Å². The van der Waals surface area contributed by atoms with Crippen LogP contribution in [0.4, 0.5) is 0 Å². The van der Waals surface area contributed by atoms with Crippen molar-refractivity contribution in [1.29, 1.82) is 0 Å². The number of phenolic OH excluding ortho intramolecular Hbond substituents is 1. The van der Waals surface area contributed by atoms with Crippen LogP contribution in [-0.2, 0) is 0 Å². The molecule has 0 aliphatic rings. The van der Waals surface area contributed by atoms with Gasteiger partial charge in [0.15, 0.2) is 0 Å². The maximum Gasteiger partial charge on any atom is 0.129 e. The molecular formula is C10H13IO2. The van der Waals surface area contributed by atoms with Crippen LogP contribution < -0.4 is 4.74 Å². The average molecular weight is 292 g/mol. The van der Waals surface area contributed by atoms with Crippen LogP contribution in [0.1, 0.15) is 20.8 Å². The zero-order valence-corrected chi connectivity index (χ0v) is 10.1. The minimum absolute atomic E-state index is 0.194. The van der Waals surface area contributed by atoms with Crippen LogP contribution in [-0.4, -0.2) is 10.7 Å². The van der Waals surface area contributed by atoms with Crippen LogP contribution in [0.2, 0.25) is 0 Å². The fourth-order valence-electron chi connectivity index (χ4n) is 0.905. The third-order valence-electron chi connectivity index (χ3n) is 1.34. The number of hydrogen-bond acceptors (Lipinski definition) is 2. The molecule has 0 saturated heterocycles. The number of halogens is 1. The molecule has 0 bridgehead atoms. The van der Waals surface area contributed by atoms with Crippen molar-refractivity contribution in [2.75, 3.05) is 0 Å². The Morgan fingerprint density at radius 3 is 2.38 bits per heavy atom. The molecule has 1 N–H and O–H groups in total. The standard InChI is InChI=1S/C10H13IO2/c1-10(2,3)13-7-4-5-9(12)8(11)6-7/h4-6,12H,1-3H3. The van der Waals surface area contributed by atoms with Crippen molar-refractivity contribution in [3.8, 4) is 11.5 Å². The van der Waals surface area contributed by atoms with Crippen molar-refractivity contribution >= 4 is 22.6 Å². The van der Waals surface area contributed by atoms with Crippen LogP contribution in [0.3, 0.4) is 0 Å². The summed E-state index contributed by atoms with van der Waals surface area (Å²) in [7, 11) is 0. The summed E-state index contributed by atoms with van der Waals surface area (Å²) in [6, 6.07) is 5.23. The molecule has 3 heteroatoms. The summed E-state index contributed by atoms with van der Waals surface area (Å²) < 4.78 is 6.43. The highest BCUT2D eigenvalue weighted by Crippen LogP contribution is 2.26. The van der Waals surface area contributed by atoms with Gasteiger partial charge in [0.1, 0.15) is 17.1 Å². The van der Waals surface area contributed by atoms with E-state index in [0.717, 1.165) is 9.32 Å².